The van der Waals surface area contributed by atoms with Crippen molar-refractivity contribution in [2.75, 3.05) is 13.1 Å². The lowest BCUT2D eigenvalue weighted by molar-refractivity contribution is -0.402. The molecule has 8 heteroatoms. The van der Waals surface area contributed by atoms with Gasteiger partial charge in [-0.3, -0.25) is 15.5 Å². The van der Waals surface area contributed by atoms with Crippen LogP contribution in [0.2, 0.25) is 0 Å². The van der Waals surface area contributed by atoms with E-state index in [1.807, 2.05) is 0 Å². The van der Waals surface area contributed by atoms with E-state index in [9.17, 15) is 10.1 Å². The molecule has 0 radical (unpaired) electrons. The van der Waals surface area contributed by atoms with Crippen molar-refractivity contribution in [2.24, 2.45) is 5.10 Å². The molecule has 1 fully saturated rings. The van der Waals surface area contributed by atoms with Gasteiger partial charge in [0.1, 0.15) is 4.92 Å². The van der Waals surface area contributed by atoms with Crippen LogP contribution in [0.3, 0.4) is 0 Å². The van der Waals surface area contributed by atoms with Crippen LogP contribution in [0.15, 0.2) is 21.7 Å². The average molecular weight is 282 g/mol. The van der Waals surface area contributed by atoms with Crippen LogP contribution in [0.5, 0.6) is 0 Å². The van der Waals surface area contributed by atoms with E-state index in [1.165, 1.54) is 24.8 Å². The summed E-state index contributed by atoms with van der Waals surface area (Å²) in [6.45, 7) is 1.88. The highest BCUT2D eigenvalue weighted by Gasteiger charge is 2.13. The van der Waals surface area contributed by atoms with Crippen LogP contribution >= 0.6 is 12.2 Å². The number of rotatable bonds is 3. The van der Waals surface area contributed by atoms with Gasteiger partial charge in [0.2, 0.25) is 0 Å². The summed E-state index contributed by atoms with van der Waals surface area (Å²) < 4.78 is 4.93. The summed E-state index contributed by atoms with van der Waals surface area (Å²) in [5.74, 6) is 0.000649. The van der Waals surface area contributed by atoms with E-state index in [1.54, 1.807) is 0 Å². The van der Waals surface area contributed by atoms with Gasteiger partial charge in [-0.1, -0.05) is 0 Å². The first-order chi connectivity index (χ1) is 9.16. The zero-order valence-electron chi connectivity index (χ0n) is 10.2. The first kappa shape index (κ1) is 13.5. The monoisotopic (exact) mass is 282 g/mol. The van der Waals surface area contributed by atoms with Crippen molar-refractivity contribution in [1.82, 2.24) is 10.3 Å². The first-order valence-corrected chi connectivity index (χ1v) is 6.40. The lowest BCUT2D eigenvalue weighted by atomic mass is 10.1. The normalized spacial score (nSPS) is 15.7. The molecule has 0 unspecified atom stereocenters. The third kappa shape index (κ3) is 3.75. The molecule has 1 saturated heterocycles. The molecule has 1 aliphatic heterocycles. The van der Waals surface area contributed by atoms with Gasteiger partial charge in [0.05, 0.1) is 12.3 Å². The van der Waals surface area contributed by atoms with Gasteiger partial charge in [0, 0.05) is 13.1 Å². The molecule has 7 nitrogen and oxygen atoms in total. The first-order valence-electron chi connectivity index (χ1n) is 5.99. The van der Waals surface area contributed by atoms with E-state index in [4.69, 9.17) is 16.6 Å². The number of thiocarbonyl (C=S) groups is 1. The molecule has 1 aromatic rings. The molecule has 1 aromatic heterocycles. The number of piperidine rings is 1. The zero-order valence-corrected chi connectivity index (χ0v) is 11.1. The maximum atomic E-state index is 10.4. The van der Waals surface area contributed by atoms with Crippen LogP contribution in [-0.4, -0.2) is 34.2 Å². The molecule has 1 aliphatic rings. The van der Waals surface area contributed by atoms with E-state index in [0.29, 0.717) is 10.9 Å². The van der Waals surface area contributed by atoms with Crippen molar-refractivity contribution in [3.05, 3.63) is 28.0 Å². The molecule has 0 aromatic carbocycles. The maximum Gasteiger partial charge on any atom is 0.433 e. The fraction of sp³-hybridized carbons (Fsp3) is 0.455. The summed E-state index contributed by atoms with van der Waals surface area (Å²) in [6, 6.07) is 2.76. The fourth-order valence-electron chi connectivity index (χ4n) is 1.83. The molecule has 102 valence electrons. The van der Waals surface area contributed by atoms with E-state index < -0.39 is 4.92 Å². The summed E-state index contributed by atoms with van der Waals surface area (Å²) in [4.78, 5) is 11.9. The Morgan fingerprint density at radius 1 is 1.47 bits per heavy atom. The van der Waals surface area contributed by atoms with Crippen LogP contribution in [0.4, 0.5) is 5.88 Å². The maximum absolute atomic E-state index is 10.4. The van der Waals surface area contributed by atoms with E-state index in [0.717, 1.165) is 25.9 Å². The molecule has 1 N–H and O–H groups in total. The van der Waals surface area contributed by atoms with Crippen LogP contribution < -0.4 is 5.43 Å². The molecule has 2 heterocycles. The Kier molecular flexibility index (Phi) is 4.45. The van der Waals surface area contributed by atoms with Crippen molar-refractivity contribution >= 4 is 29.4 Å². The summed E-state index contributed by atoms with van der Waals surface area (Å²) in [6.07, 6.45) is 4.87. The standard InChI is InChI=1S/C11H14N4O3S/c16-15(17)10-5-4-9(18-10)8-12-13-11(19)14-6-2-1-3-7-14/h4-5,8H,1-3,6-7H2,(H,13,19)/b12-8+. The Morgan fingerprint density at radius 2 is 2.21 bits per heavy atom. The highest BCUT2D eigenvalue weighted by atomic mass is 32.1. The quantitative estimate of drug-likeness (QED) is 0.394. The number of likely N-dealkylation sites (tertiary alicyclic amines) is 1. The van der Waals surface area contributed by atoms with Crippen molar-refractivity contribution in [3.63, 3.8) is 0 Å². The molecule has 2 rings (SSSR count). The van der Waals surface area contributed by atoms with E-state index >= 15 is 0 Å². The van der Waals surface area contributed by atoms with Gasteiger partial charge in [-0.25, -0.2) is 0 Å². The van der Waals surface area contributed by atoms with E-state index in [2.05, 4.69) is 15.4 Å². The Bertz CT molecular complexity index is 494. The van der Waals surface area contributed by atoms with Gasteiger partial charge in [0.15, 0.2) is 10.9 Å². The van der Waals surface area contributed by atoms with Crippen molar-refractivity contribution in [1.29, 1.82) is 0 Å². The Labute approximate surface area is 115 Å². The van der Waals surface area contributed by atoms with Crippen LogP contribution in [-0.2, 0) is 0 Å². The van der Waals surface area contributed by atoms with Gasteiger partial charge in [-0.05, 0) is 37.5 Å². The molecular formula is C11H14N4O3S. The second kappa shape index (κ2) is 6.28. The third-order valence-corrected chi connectivity index (χ3v) is 3.14. The second-order valence-electron chi connectivity index (χ2n) is 4.16. The number of hydrogen-bond donors (Lipinski definition) is 1. The fourth-order valence-corrected chi connectivity index (χ4v) is 2.06. The number of nitrogens with zero attached hydrogens (tertiary/aromatic N) is 3. The molecule has 19 heavy (non-hydrogen) atoms. The lowest BCUT2D eigenvalue weighted by Gasteiger charge is -2.28. The van der Waals surface area contributed by atoms with Crippen LogP contribution in [0.25, 0.3) is 0 Å². The SMILES string of the molecule is O=[N+]([O-])c1ccc(/C=N/NC(=S)N2CCCCC2)o1. The summed E-state index contributed by atoms with van der Waals surface area (Å²) >= 11 is 5.20. The highest BCUT2D eigenvalue weighted by molar-refractivity contribution is 7.80. The third-order valence-electron chi connectivity index (χ3n) is 2.79. The topological polar surface area (TPSA) is 83.9 Å². The summed E-state index contributed by atoms with van der Waals surface area (Å²) in [5, 5.41) is 14.9. The largest absolute Gasteiger partial charge is 0.433 e. The minimum Gasteiger partial charge on any atom is -0.400 e. The van der Waals surface area contributed by atoms with Crippen molar-refractivity contribution in [2.45, 2.75) is 19.3 Å². The minimum atomic E-state index is -0.594. The Morgan fingerprint density at radius 3 is 2.84 bits per heavy atom. The summed E-state index contributed by atoms with van der Waals surface area (Å²) in [7, 11) is 0. The molecule has 0 spiro atoms. The van der Waals surface area contributed by atoms with Gasteiger partial charge in [0.25, 0.3) is 0 Å². The predicted octanol–water partition coefficient (Wildman–Crippen LogP) is 1.88. The predicted molar refractivity (Wildman–Crippen MR) is 74.1 cm³/mol. The second-order valence-corrected chi connectivity index (χ2v) is 4.54. The van der Waals surface area contributed by atoms with Gasteiger partial charge >= 0.3 is 5.88 Å². The van der Waals surface area contributed by atoms with Gasteiger partial charge in [-0.2, -0.15) is 5.10 Å². The molecule has 0 atom stereocenters. The van der Waals surface area contributed by atoms with E-state index in [-0.39, 0.29) is 5.88 Å². The number of hydrogen-bond acceptors (Lipinski definition) is 5. The molecule has 0 saturated carbocycles. The van der Waals surface area contributed by atoms with Gasteiger partial charge in [-0.15, -0.1) is 0 Å². The van der Waals surface area contributed by atoms with Crippen molar-refractivity contribution < 1.29 is 9.34 Å². The number of furan rings is 1. The minimum absolute atomic E-state index is 0.306. The Balaban J connectivity index is 1.84. The zero-order chi connectivity index (χ0) is 13.7. The number of nitrogens with one attached hydrogen (secondary N) is 1. The molecule has 0 amide bonds. The number of hydrazone groups is 1. The molecule has 0 bridgehead atoms. The van der Waals surface area contributed by atoms with Crippen LogP contribution in [0.1, 0.15) is 25.0 Å². The molecule has 0 aliphatic carbocycles. The van der Waals surface area contributed by atoms with Crippen LogP contribution in [0, 0.1) is 10.1 Å². The van der Waals surface area contributed by atoms with Crippen molar-refractivity contribution in [3.8, 4) is 0 Å². The van der Waals surface area contributed by atoms with Gasteiger partial charge < -0.3 is 9.32 Å². The number of nitro groups is 1. The summed E-state index contributed by atoms with van der Waals surface area (Å²) in [5.41, 5.74) is 2.74. The Hall–Kier alpha value is -1.96. The average Bonchev–Trinajstić information content (AvgIpc) is 2.89. The lowest BCUT2D eigenvalue weighted by Crippen LogP contribution is -2.40. The molecular weight excluding hydrogens is 268 g/mol. The highest BCUT2D eigenvalue weighted by Crippen LogP contribution is 2.13. The smallest absolute Gasteiger partial charge is 0.400 e.